The number of carbonyl (C=O) groups is 1. The number of amides is 1. The number of hydrogen-bond acceptors (Lipinski definition) is 6. The van der Waals surface area contributed by atoms with Gasteiger partial charge in [0, 0.05) is 6.54 Å². The molecule has 1 atom stereocenters. The van der Waals surface area contributed by atoms with E-state index in [0.717, 1.165) is 0 Å². The van der Waals surface area contributed by atoms with E-state index in [9.17, 15) is 4.79 Å². The molecule has 0 spiro atoms. The molecule has 2 N–H and O–H groups in total. The van der Waals surface area contributed by atoms with Gasteiger partial charge in [0.15, 0.2) is 11.2 Å². The molecule has 1 amide bonds. The van der Waals surface area contributed by atoms with E-state index in [0.29, 0.717) is 29.4 Å². The highest BCUT2D eigenvalue weighted by molar-refractivity contribution is 6.20. The van der Waals surface area contributed by atoms with Crippen LogP contribution in [0.2, 0.25) is 0 Å². The molecule has 2 aromatic rings. The Balaban J connectivity index is 2.31. The van der Waals surface area contributed by atoms with Gasteiger partial charge < -0.3 is 19.8 Å². The van der Waals surface area contributed by atoms with Gasteiger partial charge in [0.05, 0.1) is 19.1 Å². The van der Waals surface area contributed by atoms with Crippen molar-refractivity contribution in [3.05, 3.63) is 12.2 Å². The van der Waals surface area contributed by atoms with Crippen molar-refractivity contribution in [2.24, 2.45) is 5.73 Å². The summed E-state index contributed by atoms with van der Waals surface area (Å²) in [5.74, 6) is 0.504. The van der Waals surface area contributed by atoms with Crippen molar-refractivity contribution in [2.75, 3.05) is 20.3 Å². The predicted octanol–water partition coefficient (Wildman–Crippen LogP) is 0.637. The number of rotatable bonds is 7. The lowest BCUT2D eigenvalue weighted by Gasteiger charge is -2.09. The van der Waals surface area contributed by atoms with Crippen LogP contribution in [0.3, 0.4) is 0 Å². The Bertz CT molecular complexity index is 643. The van der Waals surface area contributed by atoms with E-state index in [1.807, 2.05) is 11.5 Å². The number of halogens is 1. The van der Waals surface area contributed by atoms with E-state index in [1.54, 1.807) is 0 Å². The Morgan fingerprint density at radius 2 is 2.29 bits per heavy atom. The highest BCUT2D eigenvalue weighted by atomic mass is 35.5. The number of alkyl halides is 1. The first-order chi connectivity index (χ1) is 10.0. The fraction of sp³-hybridized carbons (Fsp3) is 0.500. The van der Waals surface area contributed by atoms with Gasteiger partial charge in [-0.15, -0.1) is 11.6 Å². The molecule has 2 heterocycles. The van der Waals surface area contributed by atoms with Gasteiger partial charge in [0.1, 0.15) is 18.8 Å². The number of aromatic nitrogens is 4. The maximum absolute atomic E-state index is 10.7. The van der Waals surface area contributed by atoms with E-state index >= 15 is 0 Å². The molecule has 8 nitrogen and oxygen atoms in total. The van der Waals surface area contributed by atoms with Crippen LogP contribution in [0.5, 0.6) is 5.88 Å². The fourth-order valence-corrected chi connectivity index (χ4v) is 2.10. The maximum atomic E-state index is 10.7. The monoisotopic (exact) mass is 313 g/mol. The van der Waals surface area contributed by atoms with Gasteiger partial charge in [-0.2, -0.15) is 4.98 Å². The van der Waals surface area contributed by atoms with E-state index in [1.165, 1.54) is 13.4 Å². The molecule has 0 aliphatic heterocycles. The molecule has 0 fully saturated rings. The third kappa shape index (κ3) is 3.40. The smallest absolute Gasteiger partial charge is 0.245 e. The largest absolute Gasteiger partial charge is 0.479 e. The minimum absolute atomic E-state index is 0.128. The first-order valence-corrected chi connectivity index (χ1v) is 6.73. The molecular weight excluding hydrogens is 298 g/mol. The van der Waals surface area contributed by atoms with Crippen molar-refractivity contribution < 1.29 is 14.3 Å². The summed E-state index contributed by atoms with van der Waals surface area (Å²) in [6.45, 7) is 2.41. The summed E-state index contributed by atoms with van der Waals surface area (Å²) in [6, 6.07) is 0. The van der Waals surface area contributed by atoms with Gasteiger partial charge in [-0.25, -0.2) is 9.97 Å². The second-order valence-corrected chi connectivity index (χ2v) is 4.97. The van der Waals surface area contributed by atoms with Crippen LogP contribution in [0, 0.1) is 0 Å². The zero-order chi connectivity index (χ0) is 15.4. The molecule has 2 rings (SSSR count). The van der Waals surface area contributed by atoms with Gasteiger partial charge in [-0.05, 0) is 6.92 Å². The number of methoxy groups -OCH3 is 1. The SMILES string of the molecule is COc1ncnc2c1nc(C(C)Cl)n2CCOCC(N)=O. The second kappa shape index (κ2) is 6.68. The molecule has 114 valence electrons. The average Bonchev–Trinajstić information content (AvgIpc) is 2.82. The quantitative estimate of drug-likeness (QED) is 0.594. The molecule has 0 aromatic carbocycles. The molecule has 2 aromatic heterocycles. The van der Waals surface area contributed by atoms with Crippen molar-refractivity contribution in [1.82, 2.24) is 19.5 Å². The van der Waals surface area contributed by atoms with Crippen molar-refractivity contribution in [3.63, 3.8) is 0 Å². The lowest BCUT2D eigenvalue weighted by Crippen LogP contribution is -2.20. The number of nitrogens with two attached hydrogens (primary N) is 1. The van der Waals surface area contributed by atoms with Crippen LogP contribution in [0.15, 0.2) is 6.33 Å². The number of carbonyl (C=O) groups excluding carboxylic acids is 1. The lowest BCUT2D eigenvalue weighted by atomic mass is 10.4. The topological polar surface area (TPSA) is 105 Å². The summed E-state index contributed by atoms with van der Waals surface area (Å²) < 4.78 is 12.2. The number of nitrogens with zero attached hydrogens (tertiary/aromatic N) is 4. The number of primary amides is 1. The second-order valence-electron chi connectivity index (χ2n) is 4.31. The molecule has 0 aliphatic carbocycles. The molecule has 0 saturated heterocycles. The Hall–Kier alpha value is -1.93. The van der Waals surface area contributed by atoms with Crippen LogP contribution in [-0.4, -0.2) is 45.7 Å². The first kappa shape index (κ1) is 15.5. The Morgan fingerprint density at radius 1 is 1.52 bits per heavy atom. The van der Waals surface area contributed by atoms with Gasteiger partial charge in [0.25, 0.3) is 0 Å². The zero-order valence-corrected chi connectivity index (χ0v) is 12.5. The fourth-order valence-electron chi connectivity index (χ4n) is 1.93. The minimum atomic E-state index is -0.514. The van der Waals surface area contributed by atoms with Crippen LogP contribution in [0.25, 0.3) is 11.2 Å². The van der Waals surface area contributed by atoms with Crippen molar-refractivity contribution in [1.29, 1.82) is 0 Å². The third-order valence-corrected chi connectivity index (χ3v) is 2.98. The van der Waals surface area contributed by atoms with Crippen LogP contribution >= 0.6 is 11.6 Å². The Labute approximate surface area is 126 Å². The van der Waals surface area contributed by atoms with E-state index in [4.69, 9.17) is 26.8 Å². The van der Waals surface area contributed by atoms with Crippen molar-refractivity contribution in [3.8, 4) is 5.88 Å². The Morgan fingerprint density at radius 3 is 2.90 bits per heavy atom. The van der Waals surface area contributed by atoms with Crippen molar-refractivity contribution >= 4 is 28.7 Å². The molecule has 21 heavy (non-hydrogen) atoms. The van der Waals surface area contributed by atoms with Crippen LogP contribution in [0.1, 0.15) is 18.1 Å². The number of fused-ring (bicyclic) bond motifs is 1. The molecule has 0 saturated carbocycles. The molecule has 0 bridgehead atoms. The number of ether oxygens (including phenoxy) is 2. The van der Waals surface area contributed by atoms with Crippen LogP contribution in [0.4, 0.5) is 0 Å². The Kier molecular flexibility index (Phi) is 4.92. The minimum Gasteiger partial charge on any atom is -0.479 e. The van der Waals surface area contributed by atoms with Crippen LogP contribution in [-0.2, 0) is 16.1 Å². The average molecular weight is 314 g/mol. The third-order valence-electron chi connectivity index (χ3n) is 2.78. The summed E-state index contributed by atoms with van der Waals surface area (Å²) in [5.41, 5.74) is 6.16. The molecule has 1 unspecified atom stereocenters. The molecule has 0 radical (unpaired) electrons. The van der Waals surface area contributed by atoms with Crippen molar-refractivity contribution in [2.45, 2.75) is 18.8 Å². The predicted molar refractivity (Wildman–Crippen MR) is 76.2 cm³/mol. The van der Waals surface area contributed by atoms with E-state index < -0.39 is 5.91 Å². The zero-order valence-electron chi connectivity index (χ0n) is 11.7. The van der Waals surface area contributed by atoms with Crippen LogP contribution < -0.4 is 10.5 Å². The lowest BCUT2D eigenvalue weighted by molar-refractivity contribution is -0.122. The summed E-state index contributed by atoms with van der Waals surface area (Å²) in [5, 5.41) is -0.319. The highest BCUT2D eigenvalue weighted by Gasteiger charge is 2.19. The normalized spacial score (nSPS) is 12.5. The summed E-state index contributed by atoms with van der Waals surface area (Å²) in [7, 11) is 1.51. The molecule has 9 heteroatoms. The maximum Gasteiger partial charge on any atom is 0.245 e. The van der Waals surface area contributed by atoms with Gasteiger partial charge in [-0.3, -0.25) is 4.79 Å². The number of imidazole rings is 1. The van der Waals surface area contributed by atoms with E-state index in [-0.39, 0.29) is 18.6 Å². The number of hydrogen-bond donors (Lipinski definition) is 1. The van der Waals surface area contributed by atoms with E-state index in [2.05, 4.69) is 15.0 Å². The highest BCUT2D eigenvalue weighted by Crippen LogP contribution is 2.27. The standard InChI is InChI=1S/C12H16ClN5O3/c1-7(13)10-17-9-11(15-6-16-12(9)20-2)18(10)3-4-21-5-8(14)19/h6-7H,3-5H2,1-2H3,(H2,14,19). The summed E-state index contributed by atoms with van der Waals surface area (Å²) >= 11 is 6.15. The summed E-state index contributed by atoms with van der Waals surface area (Å²) in [4.78, 5) is 23.3. The van der Waals surface area contributed by atoms with Gasteiger partial charge in [0.2, 0.25) is 11.8 Å². The molecular formula is C12H16ClN5O3. The van der Waals surface area contributed by atoms with Gasteiger partial charge >= 0.3 is 0 Å². The van der Waals surface area contributed by atoms with Gasteiger partial charge in [-0.1, -0.05) is 0 Å². The summed E-state index contributed by atoms with van der Waals surface area (Å²) in [6.07, 6.45) is 1.40. The first-order valence-electron chi connectivity index (χ1n) is 6.29. The molecule has 0 aliphatic rings.